The van der Waals surface area contributed by atoms with Gasteiger partial charge in [0.05, 0.1) is 56.9 Å². The SMILES string of the molecule is FC(F)(F)c1cc([B-](c2cc(C(F)(F)F)cc(C(F)(F)F)c2)(c2cc(C(F)(F)F)cc(C(F)(F)F)c2)c2cc(C(F)(F)F)cc(C(F)(F)F)c2)cc(C(F)(F)F)c1.O=C(c1ccccc1)c1cccc(C[n+]2ccncc2)c1. The smallest absolute Gasteiger partial charge is 0.289 e. The number of aromatic nitrogens is 2. The zero-order valence-corrected chi connectivity index (χ0v) is 38.1. The van der Waals surface area contributed by atoms with Crippen molar-refractivity contribution in [3.8, 4) is 0 Å². The van der Waals surface area contributed by atoms with Crippen LogP contribution >= 0.6 is 0 Å². The van der Waals surface area contributed by atoms with Gasteiger partial charge in [-0.1, -0.05) is 97.1 Å². The maximum absolute atomic E-state index is 14.2. The first-order valence-corrected chi connectivity index (χ1v) is 21.4. The second kappa shape index (κ2) is 21.0. The Morgan fingerprint density at radius 3 is 0.885 bits per heavy atom. The summed E-state index contributed by atoms with van der Waals surface area (Å²) >= 11 is 0. The van der Waals surface area contributed by atoms with Crippen molar-refractivity contribution >= 4 is 33.8 Å². The summed E-state index contributed by atoms with van der Waals surface area (Å²) in [6.07, 6.45) is -47.5. The van der Waals surface area contributed by atoms with E-state index in [1.54, 1.807) is 12.4 Å². The number of hydrogen-bond donors (Lipinski definition) is 0. The Labute approximate surface area is 422 Å². The molecule has 0 atom stereocenters. The number of nitrogens with zero attached hydrogens (tertiary/aromatic N) is 2. The van der Waals surface area contributed by atoms with Crippen molar-refractivity contribution in [2.45, 2.75) is 56.0 Å². The Morgan fingerprint density at radius 2 is 0.615 bits per heavy atom. The van der Waals surface area contributed by atoms with Crippen molar-refractivity contribution in [3.63, 3.8) is 0 Å². The van der Waals surface area contributed by atoms with E-state index in [2.05, 4.69) is 4.98 Å². The van der Waals surface area contributed by atoms with Gasteiger partial charge in [0.2, 0.25) is 0 Å². The summed E-state index contributed by atoms with van der Waals surface area (Å²) in [5.74, 6) is 0.0529. The zero-order valence-electron chi connectivity index (χ0n) is 38.1. The molecule has 0 fully saturated rings. The van der Waals surface area contributed by atoms with E-state index in [9.17, 15) is 110 Å². The lowest BCUT2D eigenvalue weighted by molar-refractivity contribution is -0.688. The Hall–Kier alpha value is -7.55. The van der Waals surface area contributed by atoms with Crippen molar-refractivity contribution in [1.29, 1.82) is 0 Å². The van der Waals surface area contributed by atoms with Gasteiger partial charge in [0, 0.05) is 16.7 Å². The number of benzene rings is 6. The van der Waals surface area contributed by atoms with E-state index in [1.165, 1.54) is 0 Å². The molecular weight excluding hydrogens is 1110 g/mol. The first kappa shape index (κ1) is 59.7. The number of hydrogen-bond acceptors (Lipinski definition) is 2. The summed E-state index contributed by atoms with van der Waals surface area (Å²) in [6.45, 7) is 0.721. The third-order valence-corrected chi connectivity index (χ3v) is 11.7. The van der Waals surface area contributed by atoms with Crippen LogP contribution in [0.25, 0.3) is 0 Å². The van der Waals surface area contributed by atoms with Crippen molar-refractivity contribution in [3.05, 3.63) is 213 Å². The topological polar surface area (TPSA) is 33.8 Å². The molecule has 0 aliphatic rings. The lowest BCUT2D eigenvalue weighted by Gasteiger charge is -2.46. The standard InChI is InChI=1S/C32H12BF24.C18H15N2O/c34-25(35,36)13-1-14(26(37,38)39)6-21(5-13)33(22-7-15(27(40,41)42)2-16(8-22)28(43,44)45,23-9-17(29(46,47)48)3-18(10-23)30(49,50)51)24-11-19(31(52,53)54)4-20(12-24)32(55,56)57;21-18(16-6-2-1-3-7-16)17-8-4-5-15(13-17)14-20-11-9-19-10-12-20/h1-12H;1-13H,14H2/q-1;+1. The summed E-state index contributed by atoms with van der Waals surface area (Å²) in [6, 6.07) is 8.29. The predicted molar refractivity (Wildman–Crippen MR) is 230 cm³/mol. The van der Waals surface area contributed by atoms with Crippen LogP contribution in [0.4, 0.5) is 105 Å². The Balaban J connectivity index is 0.000000387. The molecule has 0 N–H and O–H groups in total. The van der Waals surface area contributed by atoms with Crippen LogP contribution in [0.3, 0.4) is 0 Å². The molecule has 1 aromatic heterocycles. The molecule has 28 heteroatoms. The van der Waals surface area contributed by atoms with Crippen LogP contribution in [-0.2, 0) is 56.0 Å². The average molecular weight is 1140 g/mol. The molecule has 1 heterocycles. The monoisotopic (exact) mass is 1140 g/mol. The molecule has 0 aliphatic heterocycles. The molecule has 0 aliphatic carbocycles. The van der Waals surface area contributed by atoms with Crippen molar-refractivity contribution in [2.24, 2.45) is 0 Å². The molecule has 0 amide bonds. The van der Waals surface area contributed by atoms with Crippen LogP contribution in [0.2, 0.25) is 0 Å². The first-order chi connectivity index (χ1) is 35.6. The molecule has 7 aromatic rings. The zero-order chi connectivity index (χ0) is 58.4. The fourth-order valence-electron chi connectivity index (χ4n) is 8.30. The lowest BCUT2D eigenvalue weighted by Crippen LogP contribution is -2.75. The van der Waals surface area contributed by atoms with Gasteiger partial charge in [-0.15, -0.1) is 0 Å². The summed E-state index contributed by atoms with van der Waals surface area (Å²) in [4.78, 5) is 16.4. The highest BCUT2D eigenvalue weighted by Crippen LogP contribution is 2.41. The van der Waals surface area contributed by atoms with Gasteiger partial charge in [0.15, 0.2) is 24.7 Å². The molecule has 0 bridgehead atoms. The molecule has 7 rings (SSSR count). The number of alkyl halides is 24. The summed E-state index contributed by atoms with van der Waals surface area (Å²) in [5, 5.41) is 0. The number of carbonyl (C=O) groups excluding carboxylic acids is 1. The fraction of sp³-hybridized carbons (Fsp3) is 0.180. The van der Waals surface area contributed by atoms with Crippen molar-refractivity contribution < 1.29 is 115 Å². The van der Waals surface area contributed by atoms with Crippen LogP contribution in [0.1, 0.15) is 66.0 Å². The molecular formula is C50H27BF24N2O. The second-order valence-corrected chi connectivity index (χ2v) is 17.0. The van der Waals surface area contributed by atoms with Crippen LogP contribution in [0, 0.1) is 0 Å². The summed E-state index contributed by atoms with van der Waals surface area (Å²) < 4.78 is 343. The van der Waals surface area contributed by atoms with E-state index in [1.807, 2.05) is 71.6 Å². The molecule has 0 saturated heterocycles. The van der Waals surface area contributed by atoms with E-state index >= 15 is 0 Å². The third-order valence-electron chi connectivity index (χ3n) is 11.7. The summed E-state index contributed by atoms with van der Waals surface area (Å²) in [5.41, 5.74) is -27.7. The van der Waals surface area contributed by atoms with E-state index < -0.39 is 195 Å². The first-order valence-electron chi connectivity index (χ1n) is 21.4. The fourth-order valence-corrected chi connectivity index (χ4v) is 8.30. The van der Waals surface area contributed by atoms with E-state index in [0.717, 1.165) is 12.1 Å². The summed E-state index contributed by atoms with van der Waals surface area (Å²) in [7, 11) is 0. The Bertz CT molecular complexity index is 2840. The van der Waals surface area contributed by atoms with E-state index in [0.29, 0.717) is 11.1 Å². The minimum Gasteiger partial charge on any atom is -0.289 e. The van der Waals surface area contributed by atoms with Crippen LogP contribution < -0.4 is 26.4 Å². The van der Waals surface area contributed by atoms with Gasteiger partial charge in [-0.05, 0) is 30.3 Å². The van der Waals surface area contributed by atoms with Gasteiger partial charge in [-0.25, -0.2) is 0 Å². The number of carbonyl (C=O) groups is 1. The highest BCUT2D eigenvalue weighted by atomic mass is 19.4. The number of ketones is 1. The maximum atomic E-state index is 14.2. The molecule has 0 radical (unpaired) electrons. The highest BCUT2D eigenvalue weighted by molar-refractivity contribution is 7.20. The van der Waals surface area contributed by atoms with Crippen LogP contribution in [-0.4, -0.2) is 16.9 Å². The van der Waals surface area contributed by atoms with Crippen LogP contribution in [0.5, 0.6) is 0 Å². The van der Waals surface area contributed by atoms with Gasteiger partial charge >= 0.3 is 49.4 Å². The van der Waals surface area contributed by atoms with E-state index in [-0.39, 0.29) is 5.78 Å². The largest absolute Gasteiger partial charge is 0.416 e. The molecule has 0 spiro atoms. The molecule has 0 saturated carbocycles. The predicted octanol–water partition coefficient (Wildman–Crippen LogP) is 13.9. The minimum absolute atomic E-state index is 0.0529. The Kier molecular flexibility index (Phi) is 16.1. The normalized spacial score (nSPS) is 13.2. The lowest BCUT2D eigenvalue weighted by atomic mass is 9.12. The molecule has 3 nitrogen and oxygen atoms in total. The molecule has 414 valence electrons. The average Bonchev–Trinajstić information content (AvgIpc) is 3.45. The van der Waals surface area contributed by atoms with Gasteiger partial charge in [-0.3, -0.25) is 9.78 Å². The Morgan fingerprint density at radius 1 is 0.346 bits per heavy atom. The van der Waals surface area contributed by atoms with Crippen molar-refractivity contribution in [2.75, 3.05) is 0 Å². The third kappa shape index (κ3) is 13.8. The molecule has 0 unspecified atom stereocenters. The quantitative estimate of drug-likeness (QED) is 0.0658. The maximum Gasteiger partial charge on any atom is 0.416 e. The van der Waals surface area contributed by atoms with Gasteiger partial charge in [-0.2, -0.15) is 132 Å². The minimum atomic E-state index is -6.13. The van der Waals surface area contributed by atoms with Gasteiger partial charge in [0.25, 0.3) is 0 Å². The molecule has 6 aromatic carbocycles. The van der Waals surface area contributed by atoms with Gasteiger partial charge < -0.3 is 0 Å². The molecule has 78 heavy (non-hydrogen) atoms. The highest BCUT2D eigenvalue weighted by Gasteiger charge is 2.47. The van der Waals surface area contributed by atoms with E-state index in [4.69, 9.17) is 0 Å². The van der Waals surface area contributed by atoms with Gasteiger partial charge in [0.1, 0.15) is 6.15 Å². The van der Waals surface area contributed by atoms with Crippen molar-refractivity contribution in [1.82, 2.24) is 4.98 Å². The number of rotatable bonds is 8. The number of halogens is 24. The second-order valence-electron chi connectivity index (χ2n) is 17.0. The van der Waals surface area contributed by atoms with Crippen LogP contribution in [0.15, 0.2) is 152 Å².